The molecule has 3 heterocycles. The van der Waals surface area contributed by atoms with E-state index in [9.17, 15) is 19.8 Å². The number of piperidine rings is 1. The summed E-state index contributed by atoms with van der Waals surface area (Å²) in [5.74, 6) is -0.0646. The number of carbonyl (C=O) groups excluding carboxylic acids is 2. The predicted molar refractivity (Wildman–Crippen MR) is 93.1 cm³/mol. The molecule has 0 unspecified atom stereocenters. The number of nitrogens with one attached hydrogen (secondary N) is 1. The molecule has 1 spiro atoms. The zero-order chi connectivity index (χ0) is 19.1. The van der Waals surface area contributed by atoms with E-state index < -0.39 is 17.2 Å². The fraction of sp³-hybridized carbons (Fsp3) is 0.588. The maximum atomic E-state index is 12.5. The van der Waals surface area contributed by atoms with E-state index in [4.69, 9.17) is 4.74 Å². The van der Waals surface area contributed by atoms with Crippen molar-refractivity contribution in [3.63, 3.8) is 0 Å². The third-order valence-electron chi connectivity index (χ3n) is 4.51. The number of amides is 2. The van der Waals surface area contributed by atoms with E-state index in [0.717, 1.165) is 0 Å². The molecule has 2 aliphatic heterocycles. The van der Waals surface area contributed by atoms with Gasteiger partial charge in [-0.15, -0.1) is 0 Å². The second kappa shape index (κ2) is 6.22. The molecule has 0 bridgehead atoms. The third-order valence-corrected chi connectivity index (χ3v) is 4.51. The molecule has 1 aromatic rings. The largest absolute Gasteiger partial charge is 0.494 e. The first-order valence-electron chi connectivity index (χ1n) is 8.55. The molecular weight excluding hydrogens is 340 g/mol. The smallest absolute Gasteiger partial charge is 0.410 e. The molecule has 9 heteroatoms. The van der Waals surface area contributed by atoms with Crippen LogP contribution in [-0.4, -0.2) is 61.7 Å². The highest BCUT2D eigenvalue weighted by Gasteiger charge is 2.46. The number of rotatable bonds is 2. The van der Waals surface area contributed by atoms with E-state index in [-0.39, 0.29) is 24.2 Å². The number of nitrogens with zero attached hydrogens (tertiary/aromatic N) is 3. The monoisotopic (exact) mass is 364 g/mol. The van der Waals surface area contributed by atoms with Crippen molar-refractivity contribution >= 4 is 17.8 Å². The van der Waals surface area contributed by atoms with E-state index in [1.54, 1.807) is 4.90 Å². The molecule has 9 nitrogen and oxygen atoms in total. The van der Waals surface area contributed by atoms with Gasteiger partial charge in [0.2, 0.25) is 0 Å². The Hall–Kier alpha value is -2.71. The summed E-state index contributed by atoms with van der Waals surface area (Å²) < 4.78 is 6.61. The van der Waals surface area contributed by atoms with Gasteiger partial charge in [-0.2, -0.15) is 0 Å². The van der Waals surface area contributed by atoms with E-state index in [0.29, 0.717) is 31.8 Å². The molecule has 0 aliphatic carbocycles. The first-order valence-corrected chi connectivity index (χ1v) is 8.55. The second-order valence-corrected chi connectivity index (χ2v) is 7.65. The Kier molecular flexibility index (Phi) is 4.33. The van der Waals surface area contributed by atoms with Crippen LogP contribution in [0.1, 0.15) is 33.6 Å². The predicted octanol–water partition coefficient (Wildman–Crippen LogP) is 1.20. The summed E-state index contributed by atoms with van der Waals surface area (Å²) in [6, 6.07) is 2.73. The number of amidine groups is 1. The average Bonchev–Trinajstić information content (AvgIpc) is 3.01. The molecule has 1 saturated heterocycles. The molecular formula is C17H24N4O5. The SMILES string of the molecule is CC(C)(C)OC(=O)N1CCC2(CC1)N=C(Cn1c(O)ccc1O)NC2=O. The zero-order valence-corrected chi connectivity index (χ0v) is 15.2. The van der Waals surface area contributed by atoms with E-state index in [1.807, 2.05) is 20.8 Å². The molecule has 0 radical (unpaired) electrons. The number of hydrogen-bond donors (Lipinski definition) is 3. The van der Waals surface area contributed by atoms with Gasteiger partial charge in [-0.1, -0.05) is 0 Å². The van der Waals surface area contributed by atoms with E-state index >= 15 is 0 Å². The summed E-state index contributed by atoms with van der Waals surface area (Å²) in [5, 5.41) is 22.2. The lowest BCUT2D eigenvalue weighted by molar-refractivity contribution is -0.125. The fourth-order valence-corrected chi connectivity index (χ4v) is 3.14. The lowest BCUT2D eigenvalue weighted by Crippen LogP contribution is -2.51. The van der Waals surface area contributed by atoms with Crippen LogP contribution in [0.4, 0.5) is 4.79 Å². The maximum absolute atomic E-state index is 12.5. The molecule has 3 rings (SSSR count). The van der Waals surface area contributed by atoms with Crippen molar-refractivity contribution in [1.29, 1.82) is 0 Å². The third kappa shape index (κ3) is 3.47. The van der Waals surface area contributed by atoms with Gasteiger partial charge in [-0.3, -0.25) is 14.4 Å². The number of carbonyl (C=O) groups is 2. The van der Waals surface area contributed by atoms with Crippen molar-refractivity contribution in [3.8, 4) is 11.8 Å². The van der Waals surface area contributed by atoms with E-state index in [1.165, 1.54) is 16.7 Å². The lowest BCUT2D eigenvalue weighted by atomic mass is 9.88. The molecule has 3 N–H and O–H groups in total. The van der Waals surface area contributed by atoms with Crippen molar-refractivity contribution in [2.45, 2.75) is 51.3 Å². The van der Waals surface area contributed by atoms with Gasteiger partial charge in [-0.05, 0) is 33.6 Å². The number of ether oxygens (including phenoxy) is 1. The van der Waals surface area contributed by atoms with Crippen molar-refractivity contribution in [2.24, 2.45) is 4.99 Å². The Morgan fingerprint density at radius 2 is 1.85 bits per heavy atom. The molecule has 2 aliphatic rings. The molecule has 0 atom stereocenters. The number of aromatic nitrogens is 1. The van der Waals surface area contributed by atoms with Crippen LogP contribution in [-0.2, 0) is 16.1 Å². The fourth-order valence-electron chi connectivity index (χ4n) is 3.14. The van der Waals surface area contributed by atoms with Crippen LogP contribution in [0.15, 0.2) is 17.1 Å². The van der Waals surface area contributed by atoms with Crippen LogP contribution >= 0.6 is 0 Å². The quantitative estimate of drug-likeness (QED) is 0.729. The Bertz CT molecular complexity index is 734. The minimum Gasteiger partial charge on any atom is -0.494 e. The van der Waals surface area contributed by atoms with Crippen LogP contribution in [0.2, 0.25) is 0 Å². The maximum Gasteiger partial charge on any atom is 0.410 e. The van der Waals surface area contributed by atoms with Crippen LogP contribution in [0.5, 0.6) is 11.8 Å². The highest BCUT2D eigenvalue weighted by molar-refractivity contribution is 6.08. The Morgan fingerprint density at radius 3 is 2.38 bits per heavy atom. The van der Waals surface area contributed by atoms with Crippen LogP contribution in [0.3, 0.4) is 0 Å². The molecule has 2 amide bonds. The van der Waals surface area contributed by atoms with Crippen LogP contribution in [0.25, 0.3) is 0 Å². The first kappa shape index (κ1) is 18.1. The highest BCUT2D eigenvalue weighted by atomic mass is 16.6. The second-order valence-electron chi connectivity index (χ2n) is 7.65. The molecule has 1 aromatic heterocycles. The van der Waals surface area contributed by atoms with Gasteiger partial charge >= 0.3 is 6.09 Å². The summed E-state index contributed by atoms with van der Waals surface area (Å²) >= 11 is 0. The van der Waals surface area contributed by atoms with Gasteiger partial charge in [0.25, 0.3) is 5.91 Å². The minimum absolute atomic E-state index is 0.0634. The average molecular weight is 364 g/mol. The first-order chi connectivity index (χ1) is 12.1. The van der Waals surface area contributed by atoms with Gasteiger partial charge in [0.05, 0.1) is 6.54 Å². The Morgan fingerprint density at radius 1 is 1.27 bits per heavy atom. The highest BCUT2D eigenvalue weighted by Crippen LogP contribution is 2.31. The standard InChI is InChI=1S/C17H24N4O5/c1-16(2,3)26-15(25)20-8-6-17(7-9-20)14(24)18-11(19-17)10-21-12(22)4-5-13(21)23/h4-5,22-23H,6-10H2,1-3H3,(H,18,19,24). The van der Waals surface area contributed by atoms with Crippen molar-refractivity contribution in [2.75, 3.05) is 13.1 Å². The van der Waals surface area contributed by atoms with Crippen LogP contribution in [0, 0.1) is 0 Å². The van der Waals surface area contributed by atoms with Crippen molar-refractivity contribution in [1.82, 2.24) is 14.8 Å². The van der Waals surface area contributed by atoms with Crippen LogP contribution < -0.4 is 5.32 Å². The normalized spacial score (nSPS) is 19.4. The summed E-state index contributed by atoms with van der Waals surface area (Å²) in [6.45, 7) is 6.24. The lowest BCUT2D eigenvalue weighted by Gasteiger charge is -2.36. The number of aliphatic imine (C=N–C) groups is 1. The Balaban J connectivity index is 1.67. The molecule has 0 saturated carbocycles. The van der Waals surface area contributed by atoms with E-state index in [2.05, 4.69) is 10.3 Å². The number of hydrogen-bond acceptors (Lipinski definition) is 6. The summed E-state index contributed by atoms with van der Waals surface area (Å²) in [4.78, 5) is 30.7. The molecule has 26 heavy (non-hydrogen) atoms. The molecule has 0 aromatic carbocycles. The van der Waals surface area contributed by atoms with Gasteiger partial charge < -0.3 is 25.2 Å². The van der Waals surface area contributed by atoms with Gasteiger partial charge in [0, 0.05) is 25.2 Å². The molecule has 1 fully saturated rings. The summed E-state index contributed by atoms with van der Waals surface area (Å²) in [6.07, 6.45) is 0.397. The van der Waals surface area contributed by atoms with Gasteiger partial charge in [-0.25, -0.2) is 4.79 Å². The van der Waals surface area contributed by atoms with Crippen molar-refractivity contribution in [3.05, 3.63) is 12.1 Å². The summed E-state index contributed by atoms with van der Waals surface area (Å²) in [5.41, 5.74) is -1.48. The minimum atomic E-state index is -0.910. The van der Waals surface area contributed by atoms with Gasteiger partial charge in [0.1, 0.15) is 17.0 Å². The Labute approximate surface area is 151 Å². The number of likely N-dealkylation sites (tertiary alicyclic amines) is 1. The summed E-state index contributed by atoms with van der Waals surface area (Å²) in [7, 11) is 0. The van der Waals surface area contributed by atoms with Gasteiger partial charge in [0.15, 0.2) is 11.8 Å². The topological polar surface area (TPSA) is 116 Å². The van der Waals surface area contributed by atoms with Crippen molar-refractivity contribution < 1.29 is 24.5 Å². The number of aromatic hydroxyl groups is 2. The zero-order valence-electron chi connectivity index (χ0n) is 15.2. The molecule has 142 valence electrons.